The molecular formula is C20H27N5. The molecule has 0 unspecified atom stereocenters. The van der Waals surface area contributed by atoms with Crippen molar-refractivity contribution in [2.75, 3.05) is 25.5 Å². The van der Waals surface area contributed by atoms with Gasteiger partial charge in [0.15, 0.2) is 0 Å². The third-order valence-corrected chi connectivity index (χ3v) is 5.93. The maximum absolute atomic E-state index is 4.50. The first kappa shape index (κ1) is 16.5. The molecule has 25 heavy (non-hydrogen) atoms. The van der Waals surface area contributed by atoms with Gasteiger partial charge in [-0.2, -0.15) is 0 Å². The Kier molecular flexibility index (Phi) is 4.92. The summed E-state index contributed by atoms with van der Waals surface area (Å²) in [5.41, 5.74) is 2.45. The Labute approximate surface area is 149 Å². The molecule has 1 N–H and O–H groups in total. The van der Waals surface area contributed by atoms with E-state index in [4.69, 9.17) is 0 Å². The lowest BCUT2D eigenvalue weighted by atomic mass is 9.72. The maximum Gasteiger partial charge on any atom is 0.130 e. The quantitative estimate of drug-likeness (QED) is 0.909. The molecule has 1 aliphatic heterocycles. The lowest BCUT2D eigenvalue weighted by molar-refractivity contribution is 0.195. The molecule has 1 aliphatic carbocycles. The molecule has 0 amide bonds. The van der Waals surface area contributed by atoms with E-state index in [0.29, 0.717) is 0 Å². The highest BCUT2D eigenvalue weighted by Gasteiger charge is 2.40. The lowest BCUT2D eigenvalue weighted by Crippen LogP contribution is -2.29. The van der Waals surface area contributed by atoms with E-state index in [0.717, 1.165) is 42.2 Å². The smallest absolute Gasteiger partial charge is 0.130 e. The van der Waals surface area contributed by atoms with Gasteiger partial charge < -0.3 is 5.32 Å². The highest BCUT2D eigenvalue weighted by atomic mass is 15.2. The fourth-order valence-electron chi connectivity index (χ4n) is 4.80. The van der Waals surface area contributed by atoms with Crippen LogP contribution in [0.15, 0.2) is 36.9 Å². The van der Waals surface area contributed by atoms with Gasteiger partial charge in [-0.1, -0.05) is 12.5 Å². The molecule has 5 heteroatoms. The molecule has 3 atom stereocenters. The zero-order valence-electron chi connectivity index (χ0n) is 14.9. The molecule has 1 saturated heterocycles. The maximum atomic E-state index is 4.50. The van der Waals surface area contributed by atoms with Crippen molar-refractivity contribution >= 4 is 5.82 Å². The fraction of sp³-hybridized carbons (Fsp3) is 0.550. The van der Waals surface area contributed by atoms with Crippen LogP contribution in [0.1, 0.15) is 30.5 Å². The van der Waals surface area contributed by atoms with Crippen LogP contribution >= 0.6 is 0 Å². The van der Waals surface area contributed by atoms with Gasteiger partial charge in [-0.15, -0.1) is 0 Å². The number of anilines is 1. The second kappa shape index (κ2) is 7.48. The zero-order chi connectivity index (χ0) is 17.1. The van der Waals surface area contributed by atoms with Gasteiger partial charge >= 0.3 is 0 Å². The predicted octanol–water partition coefficient (Wildman–Crippen LogP) is 3.00. The van der Waals surface area contributed by atoms with Gasteiger partial charge in [0.05, 0.1) is 5.69 Å². The van der Waals surface area contributed by atoms with E-state index in [-0.39, 0.29) is 0 Å². The average Bonchev–Trinajstić information content (AvgIpc) is 3.07. The summed E-state index contributed by atoms with van der Waals surface area (Å²) in [4.78, 5) is 15.8. The standard InChI is InChI=1S/C20H27N5/c1-21-20-17(6-3-7-24-20)13-25-12-16-5-2-4-15(19(16)14-25)10-18-11-22-8-9-23-18/h3,6-9,11,15-16,19H,2,4-5,10,12-14H2,1H3,(H,21,24)/t15-,16-,19-/m1/s1. The largest absolute Gasteiger partial charge is 0.373 e. The summed E-state index contributed by atoms with van der Waals surface area (Å²) in [6, 6.07) is 4.23. The first-order valence-electron chi connectivity index (χ1n) is 9.42. The molecular weight excluding hydrogens is 310 g/mol. The topological polar surface area (TPSA) is 53.9 Å². The van der Waals surface area contributed by atoms with E-state index in [9.17, 15) is 0 Å². The Morgan fingerprint density at radius 2 is 2.12 bits per heavy atom. The van der Waals surface area contributed by atoms with Crippen LogP contribution in [-0.2, 0) is 13.0 Å². The van der Waals surface area contributed by atoms with Crippen LogP contribution in [0, 0.1) is 17.8 Å². The van der Waals surface area contributed by atoms with Crippen molar-refractivity contribution in [1.82, 2.24) is 19.9 Å². The molecule has 2 aromatic heterocycles. The number of fused-ring (bicyclic) bond motifs is 1. The number of aromatic nitrogens is 3. The molecule has 0 aromatic carbocycles. The van der Waals surface area contributed by atoms with Crippen LogP contribution in [0.3, 0.4) is 0 Å². The Bertz CT molecular complexity index is 689. The molecule has 0 spiro atoms. The fourth-order valence-corrected chi connectivity index (χ4v) is 4.80. The minimum atomic E-state index is 0.748. The van der Waals surface area contributed by atoms with Crippen molar-refractivity contribution in [1.29, 1.82) is 0 Å². The van der Waals surface area contributed by atoms with Gasteiger partial charge in [-0.05, 0) is 43.1 Å². The number of nitrogens with one attached hydrogen (secondary N) is 1. The normalized spacial score (nSPS) is 26.4. The third-order valence-electron chi connectivity index (χ3n) is 5.93. The van der Waals surface area contributed by atoms with Crippen molar-refractivity contribution in [2.45, 2.75) is 32.2 Å². The van der Waals surface area contributed by atoms with E-state index >= 15 is 0 Å². The van der Waals surface area contributed by atoms with Gasteiger partial charge in [0, 0.05) is 57.0 Å². The Hall–Kier alpha value is -2.01. The number of nitrogens with zero attached hydrogens (tertiary/aromatic N) is 4. The monoisotopic (exact) mass is 337 g/mol. The van der Waals surface area contributed by atoms with Crippen molar-refractivity contribution in [3.63, 3.8) is 0 Å². The minimum absolute atomic E-state index is 0.748. The summed E-state index contributed by atoms with van der Waals surface area (Å²) < 4.78 is 0. The first-order chi connectivity index (χ1) is 12.3. The number of hydrogen-bond acceptors (Lipinski definition) is 5. The molecule has 0 radical (unpaired) electrons. The van der Waals surface area contributed by atoms with E-state index in [1.807, 2.05) is 31.7 Å². The number of rotatable bonds is 5. The lowest BCUT2D eigenvalue weighted by Gasteiger charge is -2.32. The highest BCUT2D eigenvalue weighted by Crippen LogP contribution is 2.41. The van der Waals surface area contributed by atoms with Gasteiger partial charge in [0.1, 0.15) is 5.82 Å². The van der Waals surface area contributed by atoms with Gasteiger partial charge in [-0.25, -0.2) is 4.98 Å². The zero-order valence-corrected chi connectivity index (χ0v) is 14.9. The molecule has 3 heterocycles. The Balaban J connectivity index is 1.43. The number of hydrogen-bond donors (Lipinski definition) is 1. The second-order valence-electron chi connectivity index (χ2n) is 7.47. The second-order valence-corrected chi connectivity index (χ2v) is 7.47. The molecule has 132 valence electrons. The van der Waals surface area contributed by atoms with Gasteiger partial charge in [0.25, 0.3) is 0 Å². The predicted molar refractivity (Wildman–Crippen MR) is 99.1 cm³/mol. The van der Waals surface area contributed by atoms with Crippen LogP contribution in [0.5, 0.6) is 0 Å². The number of pyridine rings is 1. The summed E-state index contributed by atoms with van der Waals surface area (Å²) in [6.07, 6.45) is 12.5. The van der Waals surface area contributed by atoms with E-state index in [1.165, 1.54) is 37.9 Å². The van der Waals surface area contributed by atoms with Crippen molar-refractivity contribution < 1.29 is 0 Å². The summed E-state index contributed by atoms with van der Waals surface area (Å²) in [5.74, 6) is 3.39. The Morgan fingerprint density at radius 3 is 2.96 bits per heavy atom. The number of likely N-dealkylation sites (tertiary alicyclic amines) is 1. The minimum Gasteiger partial charge on any atom is -0.373 e. The highest BCUT2D eigenvalue weighted by molar-refractivity contribution is 5.42. The van der Waals surface area contributed by atoms with Gasteiger partial charge in [0.2, 0.25) is 0 Å². The summed E-state index contributed by atoms with van der Waals surface area (Å²) in [7, 11) is 1.95. The van der Waals surface area contributed by atoms with E-state index < -0.39 is 0 Å². The molecule has 4 rings (SSSR count). The third kappa shape index (κ3) is 3.66. The molecule has 0 bridgehead atoms. The van der Waals surface area contributed by atoms with Gasteiger partial charge in [-0.3, -0.25) is 14.9 Å². The molecule has 1 saturated carbocycles. The summed E-state index contributed by atoms with van der Waals surface area (Å²) in [5, 5.41) is 3.22. The summed E-state index contributed by atoms with van der Waals surface area (Å²) in [6.45, 7) is 3.42. The van der Waals surface area contributed by atoms with E-state index in [1.54, 1.807) is 6.20 Å². The summed E-state index contributed by atoms with van der Waals surface area (Å²) >= 11 is 0. The van der Waals surface area contributed by atoms with Crippen LogP contribution in [0.2, 0.25) is 0 Å². The van der Waals surface area contributed by atoms with Crippen LogP contribution in [0.4, 0.5) is 5.82 Å². The van der Waals surface area contributed by atoms with E-state index in [2.05, 4.69) is 31.2 Å². The van der Waals surface area contributed by atoms with Crippen molar-refractivity contribution in [3.05, 3.63) is 48.2 Å². The molecule has 2 aromatic rings. The molecule has 2 fully saturated rings. The van der Waals surface area contributed by atoms with Crippen LogP contribution in [-0.4, -0.2) is 40.0 Å². The van der Waals surface area contributed by atoms with Crippen LogP contribution in [0.25, 0.3) is 0 Å². The van der Waals surface area contributed by atoms with Crippen molar-refractivity contribution in [3.8, 4) is 0 Å². The Morgan fingerprint density at radius 1 is 1.16 bits per heavy atom. The van der Waals surface area contributed by atoms with Crippen molar-refractivity contribution in [2.24, 2.45) is 17.8 Å². The SMILES string of the molecule is CNc1ncccc1CN1C[C@H]2CCC[C@H](Cc3cnccn3)[C@H]2C1. The average molecular weight is 337 g/mol. The molecule has 2 aliphatic rings. The molecule has 5 nitrogen and oxygen atoms in total. The van der Waals surface area contributed by atoms with Crippen LogP contribution < -0.4 is 5.32 Å². The first-order valence-corrected chi connectivity index (χ1v) is 9.42.